The zero-order valence-electron chi connectivity index (χ0n) is 19.5. The highest BCUT2D eigenvalue weighted by Crippen LogP contribution is 2.43. The van der Waals surface area contributed by atoms with Gasteiger partial charge in [0.25, 0.3) is 0 Å². The summed E-state index contributed by atoms with van der Waals surface area (Å²) in [6.45, 7) is 17.9. The van der Waals surface area contributed by atoms with Crippen LogP contribution in [0.1, 0.15) is 87.5 Å². The third kappa shape index (κ3) is 4.01. The van der Waals surface area contributed by atoms with Crippen LogP contribution in [-0.4, -0.2) is 43.1 Å². The fraction of sp³-hybridized carbons (Fsp3) is 0.857. The molecular formula is C21H40N8. The van der Waals surface area contributed by atoms with E-state index in [9.17, 15) is 0 Å². The molecule has 0 amide bonds. The Hall–Kier alpha value is -1.67. The van der Waals surface area contributed by atoms with Gasteiger partial charge in [-0.05, 0) is 87.5 Å². The van der Waals surface area contributed by atoms with E-state index in [0.717, 1.165) is 25.7 Å². The molecule has 8 nitrogen and oxygen atoms in total. The zero-order chi connectivity index (χ0) is 21.8. The van der Waals surface area contributed by atoms with Gasteiger partial charge in [0.05, 0.1) is 0 Å². The normalized spacial score (nSPS) is 25.7. The minimum Gasteiger partial charge on any atom is -0.330 e. The Labute approximate surface area is 175 Å². The Bertz CT molecular complexity index is 721. The molecule has 164 valence electrons. The molecule has 3 heterocycles. The second-order valence-electron chi connectivity index (χ2n) is 11.3. The fourth-order valence-electron chi connectivity index (χ4n) is 6.06. The average molecular weight is 405 g/mol. The summed E-state index contributed by atoms with van der Waals surface area (Å²) < 4.78 is 0. The summed E-state index contributed by atoms with van der Waals surface area (Å²) in [7, 11) is 0. The number of nitrogens with zero attached hydrogens (tertiary/aromatic N) is 5. The van der Waals surface area contributed by atoms with Gasteiger partial charge >= 0.3 is 0 Å². The molecule has 1 aromatic rings. The van der Waals surface area contributed by atoms with Crippen LogP contribution in [0.4, 0.5) is 17.8 Å². The molecule has 3 rings (SSSR count). The molecule has 2 aliphatic heterocycles. The van der Waals surface area contributed by atoms with Crippen molar-refractivity contribution in [1.82, 2.24) is 15.0 Å². The highest BCUT2D eigenvalue weighted by Gasteiger charge is 2.47. The van der Waals surface area contributed by atoms with Gasteiger partial charge in [-0.3, -0.25) is 5.43 Å². The van der Waals surface area contributed by atoms with Gasteiger partial charge in [0, 0.05) is 28.2 Å². The number of hydrogen-bond acceptors (Lipinski definition) is 8. The molecule has 0 unspecified atom stereocenters. The van der Waals surface area contributed by atoms with E-state index in [-0.39, 0.29) is 28.2 Å². The molecule has 0 spiro atoms. The summed E-state index contributed by atoms with van der Waals surface area (Å²) >= 11 is 0. The van der Waals surface area contributed by atoms with Crippen LogP contribution in [0.2, 0.25) is 0 Å². The number of rotatable bonds is 3. The largest absolute Gasteiger partial charge is 0.330 e. The van der Waals surface area contributed by atoms with E-state index in [2.05, 4.69) is 80.6 Å². The standard InChI is InChI=1S/C21H40N8/c1-18(2)10-9-11-19(3,4)28(18)16-24-15(27-23)25-17(26-16)29-20(5,6)12-14(22)13-21(29,7)8/h14H,9-13,22-23H2,1-8H3,(H,24,25,26,27). The van der Waals surface area contributed by atoms with Crippen molar-refractivity contribution in [3.05, 3.63) is 0 Å². The second-order valence-corrected chi connectivity index (χ2v) is 11.3. The van der Waals surface area contributed by atoms with Crippen molar-refractivity contribution in [2.24, 2.45) is 11.6 Å². The first-order valence-corrected chi connectivity index (χ1v) is 10.8. The summed E-state index contributed by atoms with van der Waals surface area (Å²) in [6.07, 6.45) is 5.14. The Kier molecular flexibility index (Phi) is 5.27. The first kappa shape index (κ1) is 22.0. The topological polar surface area (TPSA) is 109 Å². The number of piperidine rings is 2. The molecule has 8 heteroatoms. The number of anilines is 3. The SMILES string of the molecule is CC1(C)CCCC(C)(C)N1c1nc(NN)nc(N2C(C)(C)CC(N)CC2(C)C)n1. The number of hydrogen-bond donors (Lipinski definition) is 3. The van der Waals surface area contributed by atoms with Crippen LogP contribution in [0.5, 0.6) is 0 Å². The van der Waals surface area contributed by atoms with E-state index >= 15 is 0 Å². The van der Waals surface area contributed by atoms with Crippen LogP contribution in [0.15, 0.2) is 0 Å². The molecular weight excluding hydrogens is 364 g/mol. The van der Waals surface area contributed by atoms with Crippen LogP contribution in [0.25, 0.3) is 0 Å². The first-order valence-electron chi connectivity index (χ1n) is 10.8. The highest BCUT2D eigenvalue weighted by atomic mass is 15.4. The maximum absolute atomic E-state index is 6.38. The van der Waals surface area contributed by atoms with Crippen molar-refractivity contribution in [3.63, 3.8) is 0 Å². The molecule has 0 aliphatic carbocycles. The maximum Gasteiger partial charge on any atom is 0.243 e. The van der Waals surface area contributed by atoms with Gasteiger partial charge in [-0.2, -0.15) is 15.0 Å². The molecule has 2 fully saturated rings. The minimum atomic E-state index is -0.182. The van der Waals surface area contributed by atoms with Gasteiger partial charge in [-0.1, -0.05) is 0 Å². The van der Waals surface area contributed by atoms with Crippen molar-refractivity contribution in [2.75, 3.05) is 15.2 Å². The predicted molar refractivity (Wildman–Crippen MR) is 120 cm³/mol. The number of hydrazine groups is 1. The number of nitrogen functional groups attached to an aromatic ring is 1. The van der Waals surface area contributed by atoms with E-state index in [1.165, 1.54) is 6.42 Å². The summed E-state index contributed by atoms with van der Waals surface area (Å²) in [6, 6.07) is 0.157. The molecule has 2 aliphatic rings. The molecule has 0 saturated carbocycles. The second kappa shape index (κ2) is 6.94. The van der Waals surface area contributed by atoms with Gasteiger partial charge in [-0.15, -0.1) is 0 Å². The number of nitrogens with one attached hydrogen (secondary N) is 1. The van der Waals surface area contributed by atoms with E-state index in [0.29, 0.717) is 17.8 Å². The van der Waals surface area contributed by atoms with Crippen LogP contribution < -0.4 is 26.8 Å². The highest BCUT2D eigenvalue weighted by molar-refractivity contribution is 5.51. The maximum atomic E-state index is 6.38. The lowest BCUT2D eigenvalue weighted by atomic mass is 9.77. The molecule has 5 N–H and O–H groups in total. The molecule has 0 atom stereocenters. The first-order chi connectivity index (χ1) is 13.2. The predicted octanol–water partition coefficient (Wildman–Crippen LogP) is 3.19. The lowest BCUT2D eigenvalue weighted by Gasteiger charge is -2.55. The number of aromatic nitrogens is 3. The van der Waals surface area contributed by atoms with Crippen molar-refractivity contribution in [3.8, 4) is 0 Å². The van der Waals surface area contributed by atoms with E-state index < -0.39 is 0 Å². The fourth-order valence-corrected chi connectivity index (χ4v) is 6.06. The summed E-state index contributed by atoms with van der Waals surface area (Å²) in [5.74, 6) is 7.51. The van der Waals surface area contributed by atoms with Gasteiger partial charge < -0.3 is 15.5 Å². The molecule has 29 heavy (non-hydrogen) atoms. The zero-order valence-corrected chi connectivity index (χ0v) is 19.5. The third-order valence-electron chi connectivity index (χ3n) is 6.66. The van der Waals surface area contributed by atoms with Gasteiger partial charge in [-0.25, -0.2) is 5.84 Å². The van der Waals surface area contributed by atoms with Gasteiger partial charge in [0.2, 0.25) is 17.8 Å². The molecule has 1 aromatic heterocycles. The van der Waals surface area contributed by atoms with Crippen LogP contribution in [-0.2, 0) is 0 Å². The molecule has 0 bridgehead atoms. The monoisotopic (exact) mass is 404 g/mol. The summed E-state index contributed by atoms with van der Waals surface area (Å²) in [5.41, 5.74) is 8.57. The smallest absolute Gasteiger partial charge is 0.243 e. The Morgan fingerprint density at radius 2 is 1.17 bits per heavy atom. The van der Waals surface area contributed by atoms with E-state index in [4.69, 9.17) is 16.6 Å². The van der Waals surface area contributed by atoms with Crippen molar-refractivity contribution in [2.45, 2.75) is 116 Å². The Morgan fingerprint density at radius 1 is 0.759 bits per heavy atom. The molecule has 0 radical (unpaired) electrons. The number of nitrogens with two attached hydrogens (primary N) is 2. The van der Waals surface area contributed by atoms with Gasteiger partial charge in [0.1, 0.15) is 0 Å². The summed E-state index contributed by atoms with van der Waals surface area (Å²) in [4.78, 5) is 19.1. The van der Waals surface area contributed by atoms with E-state index in [1.807, 2.05) is 0 Å². The quantitative estimate of drug-likeness (QED) is 0.520. The van der Waals surface area contributed by atoms with Crippen molar-refractivity contribution >= 4 is 17.8 Å². The average Bonchev–Trinajstić information content (AvgIpc) is 2.49. The third-order valence-corrected chi connectivity index (χ3v) is 6.66. The van der Waals surface area contributed by atoms with Crippen molar-refractivity contribution in [1.29, 1.82) is 0 Å². The molecule has 0 aromatic carbocycles. The molecule has 2 saturated heterocycles. The lowest BCUT2D eigenvalue weighted by molar-refractivity contribution is 0.215. The van der Waals surface area contributed by atoms with Crippen molar-refractivity contribution < 1.29 is 0 Å². The van der Waals surface area contributed by atoms with Crippen LogP contribution >= 0.6 is 0 Å². The minimum absolute atomic E-state index is 0.0540. The van der Waals surface area contributed by atoms with E-state index in [1.54, 1.807) is 0 Å². The Balaban J connectivity index is 2.15. The summed E-state index contributed by atoms with van der Waals surface area (Å²) in [5, 5.41) is 0. The lowest BCUT2D eigenvalue weighted by Crippen LogP contribution is -2.64. The van der Waals surface area contributed by atoms with Crippen LogP contribution in [0.3, 0.4) is 0 Å². The Morgan fingerprint density at radius 3 is 1.59 bits per heavy atom. The van der Waals surface area contributed by atoms with Crippen LogP contribution in [0, 0.1) is 0 Å². The van der Waals surface area contributed by atoms with Gasteiger partial charge in [0.15, 0.2) is 0 Å².